The van der Waals surface area contributed by atoms with Gasteiger partial charge in [0.25, 0.3) is 0 Å². The Hall–Kier alpha value is -1.61. The Morgan fingerprint density at radius 1 is 1.33 bits per heavy atom. The van der Waals surface area contributed by atoms with Crippen LogP contribution in [0, 0.1) is 6.92 Å². The minimum absolute atomic E-state index is 0.154. The van der Waals surface area contributed by atoms with Crippen molar-refractivity contribution >= 4 is 0 Å². The van der Waals surface area contributed by atoms with Gasteiger partial charge in [-0.1, -0.05) is 19.4 Å². The maximum Gasteiger partial charge on any atom is 0.0642 e. The smallest absolute Gasteiger partial charge is 0.0642 e. The molecule has 0 fully saturated rings. The average molecular weight is 243 g/mol. The van der Waals surface area contributed by atoms with Crippen molar-refractivity contribution < 1.29 is 0 Å². The Bertz CT molecular complexity index is 502. The van der Waals surface area contributed by atoms with Gasteiger partial charge in [0.15, 0.2) is 0 Å². The van der Waals surface area contributed by atoms with E-state index in [2.05, 4.69) is 41.0 Å². The molecule has 2 N–H and O–H groups in total. The van der Waals surface area contributed by atoms with Gasteiger partial charge in [-0.25, -0.2) is 0 Å². The third kappa shape index (κ3) is 3.20. The standard InChI is InChI=1S/C15H21N3/c1-3-5-15(16)13-8-9-18(10-13)11-14-7-4-6-12(2)17-14/h4,6-10,15H,3,5,11,16H2,1-2H3. The lowest BCUT2D eigenvalue weighted by molar-refractivity contribution is 0.635. The summed E-state index contributed by atoms with van der Waals surface area (Å²) >= 11 is 0. The van der Waals surface area contributed by atoms with Gasteiger partial charge in [-0.15, -0.1) is 0 Å². The molecule has 0 aliphatic rings. The molecule has 0 radical (unpaired) electrons. The molecule has 96 valence electrons. The number of hydrogen-bond acceptors (Lipinski definition) is 2. The summed E-state index contributed by atoms with van der Waals surface area (Å²) < 4.78 is 2.15. The average Bonchev–Trinajstić information content (AvgIpc) is 2.78. The van der Waals surface area contributed by atoms with Crippen molar-refractivity contribution in [3.8, 4) is 0 Å². The molecule has 0 aromatic carbocycles. The quantitative estimate of drug-likeness (QED) is 0.877. The summed E-state index contributed by atoms with van der Waals surface area (Å²) in [6.45, 7) is 4.98. The third-order valence-corrected chi connectivity index (χ3v) is 3.09. The fourth-order valence-corrected chi connectivity index (χ4v) is 2.13. The van der Waals surface area contributed by atoms with Crippen LogP contribution in [-0.4, -0.2) is 9.55 Å². The zero-order valence-corrected chi connectivity index (χ0v) is 11.1. The molecule has 18 heavy (non-hydrogen) atoms. The van der Waals surface area contributed by atoms with Crippen LogP contribution in [0.4, 0.5) is 0 Å². The summed E-state index contributed by atoms with van der Waals surface area (Å²) in [6.07, 6.45) is 6.36. The molecule has 0 bridgehead atoms. The SMILES string of the molecule is CCCC(N)c1ccn(Cc2cccc(C)n2)c1. The first-order valence-electron chi connectivity index (χ1n) is 6.53. The Kier molecular flexibility index (Phi) is 4.15. The summed E-state index contributed by atoms with van der Waals surface area (Å²) in [7, 11) is 0. The van der Waals surface area contributed by atoms with E-state index in [1.54, 1.807) is 0 Å². The summed E-state index contributed by atoms with van der Waals surface area (Å²) in [5, 5.41) is 0. The van der Waals surface area contributed by atoms with Crippen LogP contribution >= 0.6 is 0 Å². The lowest BCUT2D eigenvalue weighted by Gasteiger charge is -2.07. The molecule has 0 aliphatic carbocycles. The number of rotatable bonds is 5. The highest BCUT2D eigenvalue weighted by Gasteiger charge is 2.06. The fraction of sp³-hybridized carbons (Fsp3) is 0.400. The fourth-order valence-electron chi connectivity index (χ4n) is 2.13. The molecule has 2 heterocycles. The number of aryl methyl sites for hydroxylation is 1. The first kappa shape index (κ1) is 12.8. The largest absolute Gasteiger partial charge is 0.348 e. The number of pyridine rings is 1. The number of nitrogens with zero attached hydrogens (tertiary/aromatic N) is 2. The zero-order chi connectivity index (χ0) is 13.0. The van der Waals surface area contributed by atoms with Crippen molar-refractivity contribution in [2.75, 3.05) is 0 Å². The zero-order valence-electron chi connectivity index (χ0n) is 11.1. The predicted octanol–water partition coefficient (Wildman–Crippen LogP) is 3.04. The molecule has 2 aromatic rings. The lowest BCUT2D eigenvalue weighted by atomic mass is 10.1. The maximum atomic E-state index is 6.11. The normalized spacial score (nSPS) is 12.6. The highest BCUT2D eigenvalue weighted by atomic mass is 15.0. The van der Waals surface area contributed by atoms with Crippen LogP contribution in [-0.2, 0) is 6.54 Å². The molecule has 0 amide bonds. The number of hydrogen-bond donors (Lipinski definition) is 1. The number of aromatic nitrogens is 2. The monoisotopic (exact) mass is 243 g/mol. The van der Waals surface area contributed by atoms with Crippen LogP contribution in [0.5, 0.6) is 0 Å². The second-order valence-electron chi connectivity index (χ2n) is 4.78. The molecule has 0 saturated carbocycles. The predicted molar refractivity (Wildman–Crippen MR) is 74.3 cm³/mol. The van der Waals surface area contributed by atoms with Gasteiger partial charge in [-0.05, 0) is 37.1 Å². The molecule has 1 unspecified atom stereocenters. The minimum Gasteiger partial charge on any atom is -0.348 e. The molecule has 1 atom stereocenters. The van der Waals surface area contributed by atoms with E-state index in [0.29, 0.717) is 0 Å². The van der Waals surface area contributed by atoms with Crippen LogP contribution in [0.1, 0.15) is 42.8 Å². The van der Waals surface area contributed by atoms with Gasteiger partial charge in [0.2, 0.25) is 0 Å². The van der Waals surface area contributed by atoms with Gasteiger partial charge in [-0.3, -0.25) is 4.98 Å². The molecule has 0 spiro atoms. The van der Waals surface area contributed by atoms with Crippen molar-refractivity contribution in [2.24, 2.45) is 5.73 Å². The summed E-state index contributed by atoms with van der Waals surface area (Å²) in [5.74, 6) is 0. The van der Waals surface area contributed by atoms with E-state index in [1.807, 2.05) is 19.1 Å². The van der Waals surface area contributed by atoms with Crippen LogP contribution in [0.3, 0.4) is 0 Å². The summed E-state index contributed by atoms with van der Waals surface area (Å²) in [5.41, 5.74) is 9.46. The van der Waals surface area contributed by atoms with Crippen molar-refractivity contribution in [2.45, 2.75) is 39.3 Å². The Labute approximate surface area is 109 Å². The van der Waals surface area contributed by atoms with E-state index in [0.717, 1.165) is 30.8 Å². The topological polar surface area (TPSA) is 43.8 Å². The van der Waals surface area contributed by atoms with Crippen molar-refractivity contribution in [1.82, 2.24) is 9.55 Å². The van der Waals surface area contributed by atoms with Gasteiger partial charge in [0.05, 0.1) is 12.2 Å². The molecule has 0 saturated heterocycles. The Morgan fingerprint density at radius 2 is 2.17 bits per heavy atom. The summed E-state index contributed by atoms with van der Waals surface area (Å²) in [4.78, 5) is 4.51. The van der Waals surface area contributed by atoms with Gasteiger partial charge in [-0.2, -0.15) is 0 Å². The van der Waals surface area contributed by atoms with E-state index >= 15 is 0 Å². The molecular formula is C15H21N3. The van der Waals surface area contributed by atoms with Gasteiger partial charge < -0.3 is 10.3 Å². The van der Waals surface area contributed by atoms with Crippen molar-refractivity contribution in [3.05, 3.63) is 53.6 Å². The third-order valence-electron chi connectivity index (χ3n) is 3.09. The van der Waals surface area contributed by atoms with Crippen LogP contribution in [0.2, 0.25) is 0 Å². The molecule has 2 aromatic heterocycles. The highest BCUT2D eigenvalue weighted by molar-refractivity contribution is 5.17. The molecule has 2 rings (SSSR count). The van der Waals surface area contributed by atoms with Crippen molar-refractivity contribution in [3.63, 3.8) is 0 Å². The van der Waals surface area contributed by atoms with Crippen molar-refractivity contribution in [1.29, 1.82) is 0 Å². The first-order chi connectivity index (χ1) is 8.69. The van der Waals surface area contributed by atoms with E-state index in [-0.39, 0.29) is 6.04 Å². The van der Waals surface area contributed by atoms with E-state index < -0.39 is 0 Å². The number of nitrogens with two attached hydrogens (primary N) is 1. The molecule has 0 aliphatic heterocycles. The van der Waals surface area contributed by atoms with Gasteiger partial charge >= 0.3 is 0 Å². The van der Waals surface area contributed by atoms with E-state index in [9.17, 15) is 0 Å². The van der Waals surface area contributed by atoms with Crippen LogP contribution < -0.4 is 5.73 Å². The maximum absolute atomic E-state index is 6.11. The van der Waals surface area contributed by atoms with E-state index in [4.69, 9.17) is 5.73 Å². The lowest BCUT2D eigenvalue weighted by Crippen LogP contribution is -2.09. The van der Waals surface area contributed by atoms with Crippen LogP contribution in [0.25, 0.3) is 0 Å². The first-order valence-corrected chi connectivity index (χ1v) is 6.53. The highest BCUT2D eigenvalue weighted by Crippen LogP contribution is 2.16. The van der Waals surface area contributed by atoms with Crippen LogP contribution in [0.15, 0.2) is 36.7 Å². The minimum atomic E-state index is 0.154. The Morgan fingerprint density at radius 3 is 2.89 bits per heavy atom. The Balaban J connectivity index is 2.06. The second-order valence-corrected chi connectivity index (χ2v) is 4.78. The second kappa shape index (κ2) is 5.83. The van der Waals surface area contributed by atoms with Gasteiger partial charge in [0, 0.05) is 24.1 Å². The van der Waals surface area contributed by atoms with Gasteiger partial charge in [0.1, 0.15) is 0 Å². The molecule has 3 nitrogen and oxygen atoms in total. The summed E-state index contributed by atoms with van der Waals surface area (Å²) in [6, 6.07) is 8.38. The molecular weight excluding hydrogens is 222 g/mol. The van der Waals surface area contributed by atoms with E-state index in [1.165, 1.54) is 5.56 Å². The molecule has 3 heteroatoms.